The van der Waals surface area contributed by atoms with Gasteiger partial charge in [-0.2, -0.15) is 4.98 Å². The number of unbranched alkanes of at least 4 members (excludes halogenated alkanes) is 1. The van der Waals surface area contributed by atoms with Crippen LogP contribution in [0, 0.1) is 0 Å². The SMILES string of the molecule is CCCCc1noc(C(C)N2CCN(CCc3ccccc3)CC2)n1. The third-order valence-corrected chi connectivity index (χ3v) is 5.11. The Hall–Kier alpha value is -1.72. The summed E-state index contributed by atoms with van der Waals surface area (Å²) < 4.78 is 5.49. The van der Waals surface area contributed by atoms with Crippen molar-refractivity contribution in [1.29, 1.82) is 0 Å². The molecule has 0 amide bonds. The molecule has 0 bridgehead atoms. The van der Waals surface area contributed by atoms with Crippen molar-refractivity contribution >= 4 is 0 Å². The van der Waals surface area contributed by atoms with Crippen LogP contribution in [-0.4, -0.2) is 52.7 Å². The number of hydrogen-bond acceptors (Lipinski definition) is 5. The smallest absolute Gasteiger partial charge is 0.243 e. The molecule has 1 fully saturated rings. The summed E-state index contributed by atoms with van der Waals surface area (Å²) in [4.78, 5) is 9.59. The van der Waals surface area contributed by atoms with Crippen LogP contribution in [0.15, 0.2) is 34.9 Å². The highest BCUT2D eigenvalue weighted by atomic mass is 16.5. The number of rotatable bonds is 8. The predicted octanol–water partition coefficient (Wildman–Crippen LogP) is 3.33. The lowest BCUT2D eigenvalue weighted by molar-refractivity contribution is 0.0890. The van der Waals surface area contributed by atoms with E-state index in [1.54, 1.807) is 0 Å². The Kier molecular flexibility index (Phi) is 6.59. The topological polar surface area (TPSA) is 45.4 Å². The van der Waals surface area contributed by atoms with Crippen molar-refractivity contribution in [2.75, 3.05) is 32.7 Å². The van der Waals surface area contributed by atoms with Crippen molar-refractivity contribution in [2.24, 2.45) is 0 Å². The molecular formula is C20H30N4O. The van der Waals surface area contributed by atoms with E-state index in [0.29, 0.717) is 0 Å². The lowest BCUT2D eigenvalue weighted by Crippen LogP contribution is -2.47. The highest BCUT2D eigenvalue weighted by Gasteiger charge is 2.25. The fraction of sp³-hybridized carbons (Fsp3) is 0.600. The van der Waals surface area contributed by atoms with Crippen LogP contribution in [0.1, 0.15) is 50.0 Å². The van der Waals surface area contributed by atoms with Gasteiger partial charge in [-0.3, -0.25) is 4.90 Å². The molecule has 5 nitrogen and oxygen atoms in total. The van der Waals surface area contributed by atoms with Crippen molar-refractivity contribution in [2.45, 2.75) is 45.6 Å². The number of nitrogens with zero attached hydrogens (tertiary/aromatic N) is 4. The zero-order valence-electron chi connectivity index (χ0n) is 15.5. The number of piperazine rings is 1. The van der Waals surface area contributed by atoms with Gasteiger partial charge in [0, 0.05) is 39.1 Å². The van der Waals surface area contributed by atoms with Gasteiger partial charge >= 0.3 is 0 Å². The number of aryl methyl sites for hydroxylation is 1. The summed E-state index contributed by atoms with van der Waals surface area (Å²) in [6, 6.07) is 10.9. The molecule has 0 saturated carbocycles. The fourth-order valence-corrected chi connectivity index (χ4v) is 3.34. The van der Waals surface area contributed by atoms with E-state index in [0.717, 1.165) is 70.1 Å². The van der Waals surface area contributed by atoms with E-state index in [9.17, 15) is 0 Å². The number of benzene rings is 1. The molecule has 1 aliphatic heterocycles. The minimum atomic E-state index is 0.208. The van der Waals surface area contributed by atoms with Gasteiger partial charge in [-0.05, 0) is 25.3 Å². The van der Waals surface area contributed by atoms with Gasteiger partial charge in [0.2, 0.25) is 5.89 Å². The van der Waals surface area contributed by atoms with E-state index >= 15 is 0 Å². The van der Waals surface area contributed by atoms with Crippen LogP contribution in [0.3, 0.4) is 0 Å². The molecule has 0 radical (unpaired) electrons. The molecule has 5 heteroatoms. The maximum atomic E-state index is 5.49. The minimum Gasteiger partial charge on any atom is -0.338 e. The zero-order chi connectivity index (χ0) is 17.5. The van der Waals surface area contributed by atoms with Crippen molar-refractivity contribution in [1.82, 2.24) is 19.9 Å². The van der Waals surface area contributed by atoms with Crippen LogP contribution >= 0.6 is 0 Å². The zero-order valence-corrected chi connectivity index (χ0v) is 15.5. The molecule has 3 rings (SSSR count). The Morgan fingerprint density at radius 2 is 1.84 bits per heavy atom. The van der Waals surface area contributed by atoms with E-state index in [2.05, 4.69) is 64.1 Å². The maximum Gasteiger partial charge on any atom is 0.243 e. The van der Waals surface area contributed by atoms with Gasteiger partial charge in [0.05, 0.1) is 6.04 Å². The van der Waals surface area contributed by atoms with Gasteiger partial charge < -0.3 is 9.42 Å². The van der Waals surface area contributed by atoms with Gasteiger partial charge in [0.25, 0.3) is 0 Å². The Labute approximate surface area is 151 Å². The summed E-state index contributed by atoms with van der Waals surface area (Å²) in [6.07, 6.45) is 4.32. The van der Waals surface area contributed by atoms with Crippen molar-refractivity contribution in [3.8, 4) is 0 Å². The normalized spacial score (nSPS) is 17.7. The monoisotopic (exact) mass is 342 g/mol. The molecule has 0 aliphatic carbocycles. The molecule has 2 aromatic rings. The quantitative estimate of drug-likeness (QED) is 0.736. The molecule has 0 spiro atoms. The van der Waals surface area contributed by atoms with E-state index in [1.165, 1.54) is 5.56 Å². The minimum absolute atomic E-state index is 0.208. The third-order valence-electron chi connectivity index (χ3n) is 5.11. The van der Waals surface area contributed by atoms with Crippen molar-refractivity contribution < 1.29 is 4.52 Å². The average molecular weight is 342 g/mol. The Morgan fingerprint density at radius 3 is 2.56 bits per heavy atom. The number of aromatic nitrogens is 2. The van der Waals surface area contributed by atoms with E-state index < -0.39 is 0 Å². The first-order valence-electron chi connectivity index (χ1n) is 9.59. The van der Waals surface area contributed by atoms with Crippen LogP contribution in [0.4, 0.5) is 0 Å². The largest absolute Gasteiger partial charge is 0.338 e. The molecule has 2 heterocycles. The molecule has 25 heavy (non-hydrogen) atoms. The Morgan fingerprint density at radius 1 is 1.08 bits per heavy atom. The molecule has 1 saturated heterocycles. The Bertz CT molecular complexity index is 620. The average Bonchev–Trinajstić information content (AvgIpc) is 3.14. The summed E-state index contributed by atoms with van der Waals surface area (Å²) in [5.41, 5.74) is 1.42. The molecule has 1 aliphatic rings. The second kappa shape index (κ2) is 9.11. The highest BCUT2D eigenvalue weighted by molar-refractivity contribution is 5.14. The molecule has 1 unspecified atom stereocenters. The summed E-state index contributed by atoms with van der Waals surface area (Å²) in [6.45, 7) is 9.82. The maximum absolute atomic E-state index is 5.49. The lowest BCUT2D eigenvalue weighted by Gasteiger charge is -2.36. The van der Waals surface area contributed by atoms with Gasteiger partial charge in [-0.1, -0.05) is 48.8 Å². The molecule has 1 atom stereocenters. The second-order valence-corrected chi connectivity index (χ2v) is 6.94. The lowest BCUT2D eigenvalue weighted by atomic mass is 10.1. The van der Waals surface area contributed by atoms with Gasteiger partial charge in [-0.15, -0.1) is 0 Å². The van der Waals surface area contributed by atoms with Gasteiger partial charge in [0.1, 0.15) is 0 Å². The molecule has 0 N–H and O–H groups in total. The fourth-order valence-electron chi connectivity index (χ4n) is 3.34. The molecular weight excluding hydrogens is 312 g/mol. The van der Waals surface area contributed by atoms with Crippen LogP contribution in [0.25, 0.3) is 0 Å². The van der Waals surface area contributed by atoms with E-state index in [4.69, 9.17) is 4.52 Å². The standard InChI is InChI=1S/C20H30N4O/c1-3-4-10-19-21-20(25-22-19)17(2)24-15-13-23(14-16-24)12-11-18-8-6-5-7-9-18/h5-9,17H,3-4,10-16H2,1-2H3. The first-order chi connectivity index (χ1) is 12.3. The van der Waals surface area contributed by atoms with Crippen molar-refractivity contribution in [3.05, 3.63) is 47.6 Å². The summed E-state index contributed by atoms with van der Waals surface area (Å²) in [5, 5.41) is 4.12. The van der Waals surface area contributed by atoms with Crippen LogP contribution in [0.5, 0.6) is 0 Å². The summed E-state index contributed by atoms with van der Waals surface area (Å²) >= 11 is 0. The highest BCUT2D eigenvalue weighted by Crippen LogP contribution is 2.20. The molecule has 1 aromatic carbocycles. The summed E-state index contributed by atoms with van der Waals surface area (Å²) in [7, 11) is 0. The van der Waals surface area contributed by atoms with Crippen LogP contribution < -0.4 is 0 Å². The molecule has 136 valence electrons. The van der Waals surface area contributed by atoms with Gasteiger partial charge in [0.15, 0.2) is 5.82 Å². The molecule has 1 aromatic heterocycles. The van der Waals surface area contributed by atoms with E-state index in [1.807, 2.05) is 0 Å². The first kappa shape index (κ1) is 18.1. The Balaban J connectivity index is 1.44. The van der Waals surface area contributed by atoms with Crippen molar-refractivity contribution in [3.63, 3.8) is 0 Å². The van der Waals surface area contributed by atoms with Crippen LogP contribution in [-0.2, 0) is 12.8 Å². The third kappa shape index (κ3) is 5.13. The van der Waals surface area contributed by atoms with Crippen LogP contribution in [0.2, 0.25) is 0 Å². The summed E-state index contributed by atoms with van der Waals surface area (Å²) in [5.74, 6) is 1.62. The first-order valence-corrected chi connectivity index (χ1v) is 9.59. The predicted molar refractivity (Wildman–Crippen MR) is 99.5 cm³/mol. The van der Waals surface area contributed by atoms with E-state index in [-0.39, 0.29) is 6.04 Å². The number of hydrogen-bond donors (Lipinski definition) is 0. The second-order valence-electron chi connectivity index (χ2n) is 6.94. The van der Waals surface area contributed by atoms with Gasteiger partial charge in [-0.25, -0.2) is 0 Å².